The van der Waals surface area contributed by atoms with Crippen LogP contribution in [-0.4, -0.2) is 66.5 Å². The van der Waals surface area contributed by atoms with E-state index in [9.17, 15) is 8.42 Å². The van der Waals surface area contributed by atoms with Gasteiger partial charge in [-0.05, 0) is 11.8 Å². The Balaban J connectivity index is 0.00000220. The topological polar surface area (TPSA) is 182 Å². The number of aromatic nitrogens is 3. The Morgan fingerprint density at radius 1 is 1.19 bits per heavy atom. The van der Waals surface area contributed by atoms with Crippen molar-refractivity contribution in [3.63, 3.8) is 0 Å². The molecule has 2 rings (SSSR count). The van der Waals surface area contributed by atoms with Crippen molar-refractivity contribution in [1.29, 1.82) is 0 Å². The van der Waals surface area contributed by atoms with Crippen LogP contribution in [0.5, 0.6) is 0 Å². The van der Waals surface area contributed by atoms with Gasteiger partial charge in [0.25, 0.3) is 0 Å². The second kappa shape index (κ2) is 6.21. The number of hydrogen-bond donors (Lipinski definition) is 3. The zero-order valence-corrected chi connectivity index (χ0v) is 12.1. The lowest BCUT2D eigenvalue weighted by molar-refractivity contribution is -0.836. The Hall–Kier alpha value is -1.96. The molecule has 1 aliphatic heterocycles. The van der Waals surface area contributed by atoms with Crippen LogP contribution in [0.3, 0.4) is 0 Å². The maximum Gasteiger partial charge on any atom is 0.472 e. The van der Waals surface area contributed by atoms with Crippen LogP contribution < -0.4 is 25.4 Å². The van der Waals surface area contributed by atoms with Crippen molar-refractivity contribution in [2.24, 2.45) is 0 Å². The third-order valence-corrected chi connectivity index (χ3v) is 3.14. The van der Waals surface area contributed by atoms with Gasteiger partial charge in [-0.2, -0.15) is 8.42 Å². The van der Waals surface area contributed by atoms with Gasteiger partial charge in [0.15, 0.2) is 0 Å². The molecule has 0 saturated carbocycles. The second-order valence-electron chi connectivity index (χ2n) is 4.33. The summed E-state index contributed by atoms with van der Waals surface area (Å²) in [5.74, 6) is -0.378. The Morgan fingerprint density at radius 2 is 1.67 bits per heavy atom. The molecule has 13 heteroatoms. The van der Waals surface area contributed by atoms with Crippen LogP contribution in [-0.2, 0) is 10.4 Å². The van der Waals surface area contributed by atoms with Gasteiger partial charge in [0.1, 0.15) is 0 Å². The highest BCUT2D eigenvalue weighted by Crippen LogP contribution is 2.11. The van der Waals surface area contributed by atoms with Crippen LogP contribution in [0.1, 0.15) is 0 Å². The number of nitrogens with two attached hydrogens (primary N) is 2. The molecular weight excluding hydrogens is 306 g/mol. The van der Waals surface area contributed by atoms with E-state index in [1.807, 2.05) is 11.9 Å². The minimum absolute atomic E-state index is 0. The average Bonchev–Trinajstić information content (AvgIpc) is 2.33. The third-order valence-electron chi connectivity index (χ3n) is 2.80. The summed E-state index contributed by atoms with van der Waals surface area (Å²) in [6.07, 6.45) is 0. The molecule has 0 radical (unpaired) electrons. The number of anilines is 3. The van der Waals surface area contributed by atoms with Gasteiger partial charge in [0.05, 0.1) is 0 Å². The van der Waals surface area contributed by atoms with Crippen LogP contribution in [0.4, 0.5) is 17.8 Å². The first kappa shape index (κ1) is 17.1. The molecule has 12 nitrogen and oxygen atoms in total. The molecular formula is C8H17N7O5S. The molecule has 0 spiro atoms. The number of nitrogen functional groups attached to an aromatic ring is 2. The van der Waals surface area contributed by atoms with Crippen molar-refractivity contribution < 1.29 is 27.5 Å². The van der Waals surface area contributed by atoms with Gasteiger partial charge in [-0.25, -0.2) is 4.28 Å². The summed E-state index contributed by atoms with van der Waals surface area (Å²) in [6.45, 7) is 3.05. The monoisotopic (exact) mass is 323 g/mol. The Bertz CT molecular complexity index is 578. The lowest BCUT2D eigenvalue weighted by Crippen LogP contribution is -2.52. The Kier molecular flexibility index (Phi) is 5.06. The van der Waals surface area contributed by atoms with Gasteiger partial charge in [0, 0.05) is 26.2 Å². The predicted octanol–water partition coefficient (Wildman–Crippen LogP) is -3.27. The first-order valence-corrected chi connectivity index (χ1v) is 7.09. The van der Waals surface area contributed by atoms with E-state index in [0.29, 0.717) is 17.8 Å². The number of hydrogen-bond acceptors (Lipinski definition) is 10. The molecule has 6 N–H and O–H groups in total. The summed E-state index contributed by atoms with van der Waals surface area (Å²) >= 11 is 0. The van der Waals surface area contributed by atoms with E-state index >= 15 is 0 Å². The highest BCUT2D eigenvalue weighted by molar-refractivity contribution is 7.80. The van der Waals surface area contributed by atoms with Gasteiger partial charge in [-0.3, -0.25) is 4.55 Å². The molecule has 120 valence electrons. The van der Waals surface area contributed by atoms with Gasteiger partial charge in [0.2, 0.25) is 0 Å². The predicted molar refractivity (Wildman–Crippen MR) is 70.8 cm³/mol. The maximum atomic E-state index is 10.7. The fraction of sp³-hybridized carbons (Fsp3) is 0.625. The van der Waals surface area contributed by atoms with Crippen LogP contribution >= 0.6 is 0 Å². The zero-order valence-electron chi connectivity index (χ0n) is 11.2. The molecule has 1 fully saturated rings. The first-order valence-electron chi connectivity index (χ1n) is 5.72. The average molecular weight is 323 g/mol. The van der Waals surface area contributed by atoms with Gasteiger partial charge >= 0.3 is 28.2 Å². The molecule has 1 aromatic heterocycles. The standard InChI is InChI=1S/C8H15N7O4S.H2O/c1-13-2-4-14(5-3-13)8-11-6(9)15(7(10)12-8)19-20(16,17)18;/h2-5H2,1H3,(H4,9,10,11,12,16,17,18);1H2. The molecule has 0 bridgehead atoms. The summed E-state index contributed by atoms with van der Waals surface area (Å²) in [7, 11) is -2.76. The molecule has 1 saturated heterocycles. The van der Waals surface area contributed by atoms with E-state index in [0.717, 1.165) is 13.1 Å². The summed E-state index contributed by atoms with van der Waals surface area (Å²) < 4.78 is 34.5. The number of nitrogens with zero attached hydrogens (tertiary/aromatic N) is 5. The van der Waals surface area contributed by atoms with Crippen LogP contribution in [0.15, 0.2) is 0 Å². The summed E-state index contributed by atoms with van der Waals surface area (Å²) in [4.78, 5) is 11.9. The Labute approximate surface area is 121 Å². The molecule has 0 aromatic carbocycles. The molecule has 0 amide bonds. The minimum Gasteiger partial charge on any atom is -0.870 e. The van der Waals surface area contributed by atoms with E-state index in [2.05, 4.69) is 19.2 Å². The SMILES string of the molecule is CN1CCN(c2nc(N)[n+](OS(=O)(=O)O)c(N)n2)CC1.[OH-]. The van der Waals surface area contributed by atoms with Crippen molar-refractivity contribution >= 4 is 28.2 Å². The van der Waals surface area contributed by atoms with E-state index < -0.39 is 10.4 Å². The van der Waals surface area contributed by atoms with Gasteiger partial charge in [-0.1, -0.05) is 9.97 Å². The van der Waals surface area contributed by atoms with E-state index in [1.165, 1.54) is 0 Å². The fourth-order valence-corrected chi connectivity index (χ4v) is 2.10. The lowest BCUT2D eigenvalue weighted by Gasteiger charge is -2.30. The largest absolute Gasteiger partial charge is 0.870 e. The van der Waals surface area contributed by atoms with E-state index in [1.54, 1.807) is 0 Å². The van der Waals surface area contributed by atoms with Crippen LogP contribution in [0.2, 0.25) is 0 Å². The van der Waals surface area contributed by atoms with Gasteiger partial charge in [-0.15, -0.1) is 0 Å². The summed E-state index contributed by atoms with van der Waals surface area (Å²) in [5.41, 5.74) is 11.1. The van der Waals surface area contributed by atoms with Crippen LogP contribution in [0, 0.1) is 0 Å². The Morgan fingerprint density at radius 3 is 2.10 bits per heavy atom. The number of piperazine rings is 1. The van der Waals surface area contributed by atoms with Crippen LogP contribution in [0.25, 0.3) is 0 Å². The molecule has 0 aliphatic carbocycles. The van der Waals surface area contributed by atoms with E-state index in [4.69, 9.17) is 16.0 Å². The lowest BCUT2D eigenvalue weighted by atomic mass is 10.3. The van der Waals surface area contributed by atoms with Crippen molar-refractivity contribution in [1.82, 2.24) is 14.9 Å². The third kappa shape index (κ3) is 4.25. The second-order valence-corrected chi connectivity index (χ2v) is 5.33. The minimum atomic E-state index is -4.76. The molecule has 21 heavy (non-hydrogen) atoms. The summed E-state index contributed by atoms with van der Waals surface area (Å²) in [5, 5.41) is 0. The summed E-state index contributed by atoms with van der Waals surface area (Å²) in [6, 6.07) is 0. The number of likely N-dealkylation sites (N-methyl/N-ethyl adjacent to an activating group) is 1. The highest BCUT2D eigenvalue weighted by atomic mass is 32.3. The molecule has 0 unspecified atom stereocenters. The molecule has 1 aromatic rings. The molecule has 2 heterocycles. The van der Waals surface area contributed by atoms with Crippen molar-refractivity contribution in [2.75, 3.05) is 49.6 Å². The van der Waals surface area contributed by atoms with Crippen molar-refractivity contribution in [3.8, 4) is 0 Å². The van der Waals surface area contributed by atoms with E-state index in [-0.39, 0.29) is 23.3 Å². The fourth-order valence-electron chi connectivity index (χ4n) is 1.76. The van der Waals surface area contributed by atoms with Gasteiger partial charge < -0.3 is 26.7 Å². The maximum absolute atomic E-state index is 10.7. The quantitative estimate of drug-likeness (QED) is 0.375. The van der Waals surface area contributed by atoms with Crippen molar-refractivity contribution in [2.45, 2.75) is 0 Å². The molecule has 1 aliphatic rings. The highest BCUT2D eigenvalue weighted by Gasteiger charge is 2.26. The zero-order chi connectivity index (χ0) is 14.9. The normalized spacial score (nSPS) is 16.4. The van der Waals surface area contributed by atoms with Crippen molar-refractivity contribution in [3.05, 3.63) is 0 Å². The first-order chi connectivity index (χ1) is 9.26. The number of rotatable bonds is 3. The smallest absolute Gasteiger partial charge is 0.472 e. The molecule has 0 atom stereocenters.